The highest BCUT2D eigenvalue weighted by molar-refractivity contribution is 7.99. The summed E-state index contributed by atoms with van der Waals surface area (Å²) in [5.41, 5.74) is 1.82. The van der Waals surface area contributed by atoms with Crippen LogP contribution in [-0.2, 0) is 10.5 Å². The van der Waals surface area contributed by atoms with Crippen molar-refractivity contribution in [1.82, 2.24) is 15.6 Å². The lowest BCUT2D eigenvalue weighted by Gasteiger charge is -2.30. The van der Waals surface area contributed by atoms with E-state index in [1.54, 1.807) is 18.0 Å². The number of piperidine rings is 1. The predicted octanol–water partition coefficient (Wildman–Crippen LogP) is 2.69. The van der Waals surface area contributed by atoms with Gasteiger partial charge in [-0.25, -0.2) is 4.98 Å². The van der Waals surface area contributed by atoms with Gasteiger partial charge in [0, 0.05) is 23.9 Å². The van der Waals surface area contributed by atoms with Gasteiger partial charge in [0.1, 0.15) is 6.26 Å². The maximum Gasteiger partial charge on any atom is 0.230 e. The number of aromatic nitrogens is 1. The van der Waals surface area contributed by atoms with E-state index < -0.39 is 0 Å². The van der Waals surface area contributed by atoms with Crippen molar-refractivity contribution in [2.24, 2.45) is 5.92 Å². The summed E-state index contributed by atoms with van der Waals surface area (Å²) in [7, 11) is 0. The monoisotopic (exact) mass is 345 g/mol. The molecule has 24 heavy (non-hydrogen) atoms. The molecule has 1 aliphatic rings. The van der Waals surface area contributed by atoms with Gasteiger partial charge in [0.25, 0.3) is 0 Å². The molecule has 5 nitrogen and oxygen atoms in total. The Kier molecular flexibility index (Phi) is 5.93. The third-order valence-corrected chi connectivity index (χ3v) is 5.20. The number of oxazole rings is 1. The summed E-state index contributed by atoms with van der Waals surface area (Å²) in [4.78, 5) is 16.5. The van der Waals surface area contributed by atoms with Gasteiger partial charge in [-0.15, -0.1) is 11.8 Å². The number of rotatable bonds is 6. The van der Waals surface area contributed by atoms with Crippen molar-refractivity contribution in [3.05, 3.63) is 42.3 Å². The summed E-state index contributed by atoms with van der Waals surface area (Å²) in [6, 6.07) is 10.1. The van der Waals surface area contributed by atoms with Crippen LogP contribution in [0.3, 0.4) is 0 Å². The Hall–Kier alpha value is -1.79. The maximum absolute atomic E-state index is 12.1. The minimum absolute atomic E-state index is 0.0901. The average molecular weight is 345 g/mol. The van der Waals surface area contributed by atoms with Crippen molar-refractivity contribution >= 4 is 17.7 Å². The molecule has 1 aromatic carbocycles. The van der Waals surface area contributed by atoms with Gasteiger partial charge >= 0.3 is 0 Å². The highest BCUT2D eigenvalue weighted by atomic mass is 32.2. The van der Waals surface area contributed by atoms with Crippen LogP contribution in [0.25, 0.3) is 11.5 Å². The molecular weight excluding hydrogens is 322 g/mol. The second kappa shape index (κ2) is 8.35. The van der Waals surface area contributed by atoms with Crippen molar-refractivity contribution in [2.45, 2.75) is 25.1 Å². The number of amides is 1. The quantitative estimate of drug-likeness (QED) is 0.842. The topological polar surface area (TPSA) is 67.2 Å². The first-order chi connectivity index (χ1) is 11.7. The Morgan fingerprint density at radius 2 is 2.25 bits per heavy atom. The minimum atomic E-state index is 0.0901. The van der Waals surface area contributed by atoms with E-state index in [4.69, 9.17) is 4.42 Å². The van der Waals surface area contributed by atoms with Crippen molar-refractivity contribution in [1.29, 1.82) is 0 Å². The maximum atomic E-state index is 12.1. The van der Waals surface area contributed by atoms with E-state index >= 15 is 0 Å². The van der Waals surface area contributed by atoms with E-state index in [0.717, 1.165) is 30.8 Å². The van der Waals surface area contributed by atoms with Crippen LogP contribution in [0.4, 0.5) is 0 Å². The molecule has 1 saturated heterocycles. The zero-order valence-corrected chi connectivity index (χ0v) is 14.6. The number of hydrogen-bond donors (Lipinski definition) is 2. The lowest BCUT2D eigenvalue weighted by molar-refractivity contribution is -0.119. The van der Waals surface area contributed by atoms with Gasteiger partial charge < -0.3 is 15.1 Å². The fourth-order valence-corrected chi connectivity index (χ4v) is 3.48. The Morgan fingerprint density at radius 1 is 1.42 bits per heavy atom. The standard InChI is InChI=1S/C18H23N3O2S/c1-13-7-8-19-9-16(13)21-17(22)12-24-11-15-10-23-18(20-15)14-5-3-2-4-6-14/h2-6,10,13,16,19H,7-9,11-12H2,1H3,(H,21,22). The summed E-state index contributed by atoms with van der Waals surface area (Å²) in [5.74, 6) is 2.35. The van der Waals surface area contributed by atoms with Crippen molar-refractivity contribution in [3.8, 4) is 11.5 Å². The molecule has 1 aliphatic heterocycles. The van der Waals surface area contributed by atoms with Crippen LogP contribution in [0, 0.1) is 5.92 Å². The summed E-state index contributed by atoms with van der Waals surface area (Å²) in [6.07, 6.45) is 2.78. The summed E-state index contributed by atoms with van der Waals surface area (Å²) in [5, 5.41) is 6.45. The first-order valence-electron chi connectivity index (χ1n) is 8.30. The van der Waals surface area contributed by atoms with Crippen LogP contribution in [0.5, 0.6) is 0 Å². The molecule has 2 atom stereocenters. The molecule has 1 amide bonds. The van der Waals surface area contributed by atoms with E-state index in [2.05, 4.69) is 22.5 Å². The smallest absolute Gasteiger partial charge is 0.230 e. The molecule has 0 aliphatic carbocycles. The predicted molar refractivity (Wildman–Crippen MR) is 96.7 cm³/mol. The fraction of sp³-hybridized carbons (Fsp3) is 0.444. The Bertz CT molecular complexity index is 659. The molecule has 0 saturated carbocycles. The van der Waals surface area contributed by atoms with Crippen molar-refractivity contribution < 1.29 is 9.21 Å². The number of benzene rings is 1. The minimum Gasteiger partial charge on any atom is -0.444 e. The largest absolute Gasteiger partial charge is 0.444 e. The van der Waals surface area contributed by atoms with Gasteiger partial charge in [-0.2, -0.15) is 0 Å². The molecule has 1 aromatic heterocycles. The van der Waals surface area contributed by atoms with Gasteiger partial charge in [0.2, 0.25) is 11.8 Å². The lowest BCUT2D eigenvalue weighted by Crippen LogP contribution is -2.50. The second-order valence-electron chi connectivity index (χ2n) is 6.15. The SMILES string of the molecule is CC1CCNCC1NC(=O)CSCc1coc(-c2ccccc2)n1. The molecule has 0 bridgehead atoms. The molecular formula is C18H23N3O2S. The number of nitrogens with one attached hydrogen (secondary N) is 2. The normalized spacial score (nSPS) is 20.7. The van der Waals surface area contributed by atoms with Crippen LogP contribution >= 0.6 is 11.8 Å². The molecule has 1 fully saturated rings. The third-order valence-electron chi connectivity index (χ3n) is 4.23. The second-order valence-corrected chi connectivity index (χ2v) is 7.13. The Labute approximate surface area is 146 Å². The summed E-state index contributed by atoms with van der Waals surface area (Å²) < 4.78 is 5.51. The Balaban J connectivity index is 1.43. The van der Waals surface area contributed by atoms with E-state index in [-0.39, 0.29) is 11.9 Å². The summed E-state index contributed by atoms with van der Waals surface area (Å²) in [6.45, 7) is 4.10. The molecule has 0 spiro atoms. The number of carbonyl (C=O) groups excluding carboxylic acids is 1. The van der Waals surface area contributed by atoms with Gasteiger partial charge in [0.15, 0.2) is 0 Å². The number of thioether (sulfide) groups is 1. The van der Waals surface area contributed by atoms with Crippen LogP contribution in [0.1, 0.15) is 19.0 Å². The molecule has 128 valence electrons. The zero-order valence-electron chi connectivity index (χ0n) is 13.8. The number of carbonyl (C=O) groups is 1. The molecule has 2 heterocycles. The van der Waals surface area contributed by atoms with Gasteiger partial charge in [-0.3, -0.25) is 4.79 Å². The number of nitrogens with zero attached hydrogens (tertiary/aromatic N) is 1. The molecule has 2 unspecified atom stereocenters. The van der Waals surface area contributed by atoms with Crippen LogP contribution in [0.15, 0.2) is 41.0 Å². The average Bonchev–Trinajstić information content (AvgIpc) is 3.07. The summed E-state index contributed by atoms with van der Waals surface area (Å²) >= 11 is 1.56. The molecule has 2 N–H and O–H groups in total. The van der Waals surface area contributed by atoms with Crippen molar-refractivity contribution in [3.63, 3.8) is 0 Å². The van der Waals surface area contributed by atoms with E-state index in [1.165, 1.54) is 0 Å². The lowest BCUT2D eigenvalue weighted by atomic mass is 9.95. The zero-order chi connectivity index (χ0) is 16.8. The van der Waals surface area contributed by atoms with E-state index in [1.807, 2.05) is 30.3 Å². The number of hydrogen-bond acceptors (Lipinski definition) is 5. The van der Waals surface area contributed by atoms with Gasteiger partial charge in [-0.1, -0.05) is 25.1 Å². The highest BCUT2D eigenvalue weighted by Crippen LogP contribution is 2.20. The fourth-order valence-electron chi connectivity index (χ4n) is 2.77. The molecule has 0 radical (unpaired) electrons. The van der Waals surface area contributed by atoms with Crippen LogP contribution < -0.4 is 10.6 Å². The van der Waals surface area contributed by atoms with Crippen molar-refractivity contribution in [2.75, 3.05) is 18.8 Å². The molecule has 2 aromatic rings. The van der Waals surface area contributed by atoms with Crippen LogP contribution in [-0.4, -0.2) is 35.8 Å². The van der Waals surface area contributed by atoms with Crippen LogP contribution in [0.2, 0.25) is 0 Å². The third kappa shape index (κ3) is 4.61. The van der Waals surface area contributed by atoms with Gasteiger partial charge in [-0.05, 0) is 31.0 Å². The Morgan fingerprint density at radius 3 is 3.04 bits per heavy atom. The van der Waals surface area contributed by atoms with E-state index in [0.29, 0.717) is 23.3 Å². The molecule has 6 heteroatoms. The first kappa shape index (κ1) is 17.0. The van der Waals surface area contributed by atoms with E-state index in [9.17, 15) is 4.79 Å². The first-order valence-corrected chi connectivity index (χ1v) is 9.45. The van der Waals surface area contributed by atoms with Gasteiger partial charge in [0.05, 0.1) is 11.4 Å². The molecule has 3 rings (SSSR count). The highest BCUT2D eigenvalue weighted by Gasteiger charge is 2.22.